The van der Waals surface area contributed by atoms with Crippen molar-refractivity contribution in [3.05, 3.63) is 44.9 Å². The molecule has 3 rings (SSSR count). The number of thiazole rings is 1. The lowest BCUT2D eigenvalue weighted by atomic mass is 9.97. The normalized spacial score (nSPS) is 15.5. The first-order valence-electron chi connectivity index (χ1n) is 8.89. The molecule has 144 valence electrons. The van der Waals surface area contributed by atoms with Crippen LogP contribution in [0.2, 0.25) is 10.0 Å². The minimum atomic E-state index is -0.511. The van der Waals surface area contributed by atoms with Crippen LogP contribution >= 0.6 is 34.5 Å². The highest BCUT2D eigenvalue weighted by atomic mass is 35.5. The maximum atomic E-state index is 12.7. The summed E-state index contributed by atoms with van der Waals surface area (Å²) in [6.07, 6.45) is 6.44. The highest BCUT2D eigenvalue weighted by Gasteiger charge is 2.31. The Balaban J connectivity index is 1.66. The second-order valence-electron chi connectivity index (χ2n) is 6.76. The van der Waals surface area contributed by atoms with E-state index in [0.717, 1.165) is 36.1 Å². The smallest absolute Gasteiger partial charge is 0.249 e. The largest absolute Gasteiger partial charge is 0.344 e. The molecule has 1 unspecified atom stereocenters. The van der Waals surface area contributed by atoms with Crippen LogP contribution in [0.1, 0.15) is 43.0 Å². The first kappa shape index (κ1) is 20.1. The molecule has 0 radical (unpaired) electrons. The van der Waals surface area contributed by atoms with E-state index in [9.17, 15) is 9.59 Å². The Labute approximate surface area is 172 Å². The summed E-state index contributed by atoms with van der Waals surface area (Å²) in [5.74, 6) is -0.219. The predicted molar refractivity (Wildman–Crippen MR) is 110 cm³/mol. The van der Waals surface area contributed by atoms with Gasteiger partial charge in [0, 0.05) is 34.5 Å². The summed E-state index contributed by atoms with van der Waals surface area (Å²) in [6.45, 7) is 1.44. The average molecular weight is 426 g/mol. The Hall–Kier alpha value is -1.63. The third kappa shape index (κ3) is 5.43. The lowest BCUT2D eigenvalue weighted by molar-refractivity contribution is -0.126. The number of amides is 2. The zero-order valence-corrected chi connectivity index (χ0v) is 17.3. The van der Waals surface area contributed by atoms with Crippen LogP contribution in [0.3, 0.4) is 0 Å². The number of nitrogens with one attached hydrogen (secondary N) is 2. The minimum absolute atomic E-state index is 0.182. The summed E-state index contributed by atoms with van der Waals surface area (Å²) in [5.41, 5.74) is 0.949. The molecule has 2 amide bonds. The Morgan fingerprint density at radius 1 is 1.30 bits per heavy atom. The molecule has 1 saturated carbocycles. The maximum absolute atomic E-state index is 12.7. The second kappa shape index (κ2) is 9.04. The van der Waals surface area contributed by atoms with Gasteiger partial charge < -0.3 is 10.6 Å². The standard InChI is InChI=1S/C19H21Cl2N3O2S/c1-11(25)23-17(12-4-2-3-5-12)18(26)24-19-22-10-15(27-19)8-13-6-7-14(20)9-16(13)21/h6-7,9-10,12,17H,2-5,8H2,1H3,(H,23,25)(H,22,24,26). The van der Waals surface area contributed by atoms with Gasteiger partial charge in [-0.2, -0.15) is 0 Å². The molecule has 0 spiro atoms. The van der Waals surface area contributed by atoms with E-state index >= 15 is 0 Å². The molecule has 8 heteroatoms. The van der Waals surface area contributed by atoms with Crippen LogP contribution in [0.5, 0.6) is 0 Å². The lowest BCUT2D eigenvalue weighted by Gasteiger charge is -2.22. The number of hydrogen-bond donors (Lipinski definition) is 2. The number of anilines is 1. The van der Waals surface area contributed by atoms with Gasteiger partial charge in [-0.3, -0.25) is 9.59 Å². The Kier molecular flexibility index (Phi) is 6.73. The second-order valence-corrected chi connectivity index (χ2v) is 8.72. The molecule has 1 heterocycles. The minimum Gasteiger partial charge on any atom is -0.344 e. The fourth-order valence-electron chi connectivity index (χ4n) is 3.39. The monoisotopic (exact) mass is 425 g/mol. The molecule has 1 atom stereocenters. The molecule has 1 aliphatic carbocycles. The van der Waals surface area contributed by atoms with E-state index in [1.165, 1.54) is 18.3 Å². The van der Waals surface area contributed by atoms with Crippen molar-refractivity contribution in [3.8, 4) is 0 Å². The molecular weight excluding hydrogens is 405 g/mol. The van der Waals surface area contributed by atoms with Crippen LogP contribution < -0.4 is 10.6 Å². The molecule has 27 heavy (non-hydrogen) atoms. The molecule has 1 aromatic heterocycles. The van der Waals surface area contributed by atoms with E-state index in [1.54, 1.807) is 18.3 Å². The van der Waals surface area contributed by atoms with Crippen LogP contribution in [0.25, 0.3) is 0 Å². The quantitative estimate of drug-likeness (QED) is 0.705. The van der Waals surface area contributed by atoms with Gasteiger partial charge in [0.15, 0.2) is 5.13 Å². The lowest BCUT2D eigenvalue weighted by Crippen LogP contribution is -2.47. The van der Waals surface area contributed by atoms with Gasteiger partial charge in [0.25, 0.3) is 0 Å². The van der Waals surface area contributed by atoms with E-state index in [4.69, 9.17) is 23.2 Å². The number of carbonyl (C=O) groups is 2. The first-order valence-corrected chi connectivity index (χ1v) is 10.5. The molecule has 0 aliphatic heterocycles. The third-order valence-corrected chi connectivity index (χ3v) is 6.18. The Morgan fingerprint density at radius 3 is 2.70 bits per heavy atom. The van der Waals surface area contributed by atoms with Crippen molar-refractivity contribution in [1.82, 2.24) is 10.3 Å². The number of aromatic nitrogens is 1. The van der Waals surface area contributed by atoms with Crippen molar-refractivity contribution in [1.29, 1.82) is 0 Å². The van der Waals surface area contributed by atoms with Crippen LogP contribution in [0.4, 0.5) is 5.13 Å². The van der Waals surface area contributed by atoms with Crippen molar-refractivity contribution in [2.24, 2.45) is 5.92 Å². The first-order chi connectivity index (χ1) is 12.9. The average Bonchev–Trinajstić information content (AvgIpc) is 3.27. The molecule has 1 aromatic carbocycles. The highest BCUT2D eigenvalue weighted by molar-refractivity contribution is 7.15. The van der Waals surface area contributed by atoms with E-state index < -0.39 is 6.04 Å². The number of nitrogens with zero attached hydrogens (tertiary/aromatic N) is 1. The van der Waals surface area contributed by atoms with Gasteiger partial charge in [0.1, 0.15) is 6.04 Å². The molecule has 0 bridgehead atoms. The van der Waals surface area contributed by atoms with Gasteiger partial charge in [-0.15, -0.1) is 11.3 Å². The van der Waals surface area contributed by atoms with E-state index in [-0.39, 0.29) is 17.7 Å². The molecular formula is C19H21Cl2N3O2S. The molecule has 0 saturated heterocycles. The molecule has 1 fully saturated rings. The van der Waals surface area contributed by atoms with Gasteiger partial charge in [0.2, 0.25) is 11.8 Å². The van der Waals surface area contributed by atoms with Crippen LogP contribution in [0.15, 0.2) is 24.4 Å². The maximum Gasteiger partial charge on any atom is 0.249 e. The van der Waals surface area contributed by atoms with Crippen molar-refractivity contribution in [2.75, 3.05) is 5.32 Å². The highest BCUT2D eigenvalue weighted by Crippen LogP contribution is 2.30. The summed E-state index contributed by atoms with van der Waals surface area (Å²) >= 11 is 13.6. The third-order valence-electron chi connectivity index (χ3n) is 4.68. The Bertz CT molecular complexity index is 834. The van der Waals surface area contributed by atoms with Crippen molar-refractivity contribution >= 4 is 51.5 Å². The number of rotatable bonds is 6. The number of hydrogen-bond acceptors (Lipinski definition) is 4. The van der Waals surface area contributed by atoms with Crippen molar-refractivity contribution < 1.29 is 9.59 Å². The van der Waals surface area contributed by atoms with Crippen LogP contribution in [-0.2, 0) is 16.0 Å². The Morgan fingerprint density at radius 2 is 2.04 bits per heavy atom. The summed E-state index contributed by atoms with van der Waals surface area (Å²) in [4.78, 5) is 29.5. The van der Waals surface area contributed by atoms with Crippen molar-refractivity contribution in [2.45, 2.75) is 45.1 Å². The van der Waals surface area contributed by atoms with Gasteiger partial charge in [0.05, 0.1) is 0 Å². The summed E-state index contributed by atoms with van der Waals surface area (Å²) in [7, 11) is 0. The summed E-state index contributed by atoms with van der Waals surface area (Å²) in [6, 6.07) is 4.88. The van der Waals surface area contributed by atoms with Crippen LogP contribution in [0, 0.1) is 5.92 Å². The predicted octanol–water partition coefficient (Wildman–Crippen LogP) is 4.67. The fraction of sp³-hybridized carbons (Fsp3) is 0.421. The van der Waals surface area contributed by atoms with Gasteiger partial charge >= 0.3 is 0 Å². The number of carbonyl (C=O) groups excluding carboxylic acids is 2. The summed E-state index contributed by atoms with van der Waals surface area (Å²) in [5, 5.41) is 7.37. The van der Waals surface area contributed by atoms with E-state index in [0.29, 0.717) is 21.6 Å². The van der Waals surface area contributed by atoms with Gasteiger partial charge in [-0.05, 0) is 36.5 Å². The van der Waals surface area contributed by atoms with Crippen LogP contribution in [-0.4, -0.2) is 22.8 Å². The van der Waals surface area contributed by atoms with E-state index in [1.807, 2.05) is 6.07 Å². The van der Waals surface area contributed by atoms with Gasteiger partial charge in [-0.1, -0.05) is 42.1 Å². The zero-order chi connectivity index (χ0) is 19.4. The number of benzene rings is 1. The van der Waals surface area contributed by atoms with E-state index in [2.05, 4.69) is 15.6 Å². The molecule has 5 nitrogen and oxygen atoms in total. The van der Waals surface area contributed by atoms with Gasteiger partial charge in [-0.25, -0.2) is 4.98 Å². The fourth-order valence-corrected chi connectivity index (χ4v) is 4.70. The number of halogens is 2. The zero-order valence-electron chi connectivity index (χ0n) is 14.9. The molecule has 2 aromatic rings. The topological polar surface area (TPSA) is 71.1 Å². The van der Waals surface area contributed by atoms with Crippen molar-refractivity contribution in [3.63, 3.8) is 0 Å². The summed E-state index contributed by atoms with van der Waals surface area (Å²) < 4.78 is 0. The SMILES string of the molecule is CC(=O)NC(C(=O)Nc1ncc(Cc2ccc(Cl)cc2Cl)s1)C1CCCC1. The molecule has 1 aliphatic rings. The molecule has 2 N–H and O–H groups in total.